The van der Waals surface area contributed by atoms with Gasteiger partial charge in [0.1, 0.15) is 0 Å². The molecule has 0 aliphatic carbocycles. The van der Waals surface area contributed by atoms with E-state index in [9.17, 15) is 0 Å². The first-order chi connectivity index (χ1) is 8.45. The first kappa shape index (κ1) is 14.1. The van der Waals surface area contributed by atoms with Crippen LogP contribution in [0.15, 0.2) is 18.2 Å². The smallest absolute Gasteiger partial charge is 0.0595 e. The molecule has 1 fully saturated rings. The second kappa shape index (κ2) is 5.38. The molecular weight excluding hydrogens is 267 g/mol. The van der Waals surface area contributed by atoms with Gasteiger partial charge in [0.2, 0.25) is 0 Å². The Bertz CT molecular complexity index is 432. The Hall–Kier alpha value is -0.280. The Morgan fingerprint density at radius 1 is 1.33 bits per heavy atom. The molecule has 0 aromatic heterocycles. The third kappa shape index (κ3) is 2.67. The van der Waals surface area contributed by atoms with Crippen molar-refractivity contribution in [2.24, 2.45) is 5.73 Å². The number of rotatable bonds is 3. The molecule has 18 heavy (non-hydrogen) atoms. The Labute approximate surface area is 119 Å². The molecule has 1 atom stereocenters. The minimum Gasteiger partial charge on any atom is -0.329 e. The lowest BCUT2D eigenvalue weighted by Gasteiger charge is -2.38. The molecule has 0 amide bonds. The van der Waals surface area contributed by atoms with E-state index in [1.54, 1.807) is 0 Å². The molecular formula is C14H20Cl2N2. The van der Waals surface area contributed by atoms with Crippen LogP contribution in [0.3, 0.4) is 0 Å². The highest BCUT2D eigenvalue weighted by atomic mass is 35.5. The van der Waals surface area contributed by atoms with Crippen LogP contribution in [0.4, 0.5) is 0 Å². The minimum absolute atomic E-state index is 0.205. The first-order valence-corrected chi connectivity index (χ1v) is 7.13. The third-order valence-electron chi connectivity index (χ3n) is 3.89. The molecule has 0 radical (unpaired) electrons. The number of halogens is 2. The van der Waals surface area contributed by atoms with Crippen LogP contribution in [0.25, 0.3) is 0 Å². The van der Waals surface area contributed by atoms with E-state index in [0.717, 1.165) is 12.1 Å². The zero-order valence-electron chi connectivity index (χ0n) is 10.9. The average molecular weight is 287 g/mol. The van der Waals surface area contributed by atoms with Gasteiger partial charge in [-0.15, -0.1) is 0 Å². The molecule has 1 aromatic rings. The molecule has 4 heteroatoms. The zero-order valence-corrected chi connectivity index (χ0v) is 12.4. The molecule has 0 saturated carbocycles. The second-order valence-electron chi connectivity index (χ2n) is 5.53. The fourth-order valence-electron chi connectivity index (χ4n) is 2.87. The molecule has 0 spiro atoms. The Morgan fingerprint density at radius 3 is 2.56 bits per heavy atom. The molecule has 100 valence electrons. The van der Waals surface area contributed by atoms with Gasteiger partial charge < -0.3 is 5.73 Å². The Kier molecular flexibility index (Phi) is 4.22. The Balaban J connectivity index is 2.30. The van der Waals surface area contributed by atoms with Gasteiger partial charge in [-0.1, -0.05) is 29.3 Å². The molecule has 2 nitrogen and oxygen atoms in total. The molecule has 1 aliphatic heterocycles. The highest BCUT2D eigenvalue weighted by Crippen LogP contribution is 2.37. The van der Waals surface area contributed by atoms with Gasteiger partial charge in [0.25, 0.3) is 0 Å². The molecule has 1 unspecified atom stereocenters. The highest BCUT2D eigenvalue weighted by Gasteiger charge is 2.36. The highest BCUT2D eigenvalue weighted by molar-refractivity contribution is 6.42. The summed E-state index contributed by atoms with van der Waals surface area (Å²) in [4.78, 5) is 2.48. The molecule has 1 aliphatic rings. The van der Waals surface area contributed by atoms with E-state index in [-0.39, 0.29) is 11.6 Å². The van der Waals surface area contributed by atoms with Crippen molar-refractivity contribution in [1.29, 1.82) is 0 Å². The lowest BCUT2D eigenvalue weighted by molar-refractivity contribution is 0.119. The summed E-state index contributed by atoms with van der Waals surface area (Å²) in [5, 5.41) is 1.20. The monoisotopic (exact) mass is 286 g/mol. The minimum atomic E-state index is 0.205. The van der Waals surface area contributed by atoms with E-state index in [2.05, 4.69) is 18.7 Å². The lowest BCUT2D eigenvalue weighted by Crippen LogP contribution is -2.43. The van der Waals surface area contributed by atoms with Crippen LogP contribution < -0.4 is 5.73 Å². The van der Waals surface area contributed by atoms with Crippen molar-refractivity contribution in [3.8, 4) is 0 Å². The van der Waals surface area contributed by atoms with E-state index in [0.29, 0.717) is 16.6 Å². The van der Waals surface area contributed by atoms with Gasteiger partial charge in [0.15, 0.2) is 0 Å². The maximum Gasteiger partial charge on any atom is 0.0595 e. The largest absolute Gasteiger partial charge is 0.329 e. The van der Waals surface area contributed by atoms with Gasteiger partial charge in [-0.2, -0.15) is 0 Å². The number of hydrogen-bond donors (Lipinski definition) is 1. The summed E-state index contributed by atoms with van der Waals surface area (Å²) < 4.78 is 0. The van der Waals surface area contributed by atoms with E-state index in [4.69, 9.17) is 28.9 Å². The maximum absolute atomic E-state index is 6.10. The van der Waals surface area contributed by atoms with Crippen molar-refractivity contribution in [3.05, 3.63) is 33.8 Å². The quantitative estimate of drug-likeness (QED) is 0.914. The van der Waals surface area contributed by atoms with Crippen molar-refractivity contribution in [2.45, 2.75) is 38.3 Å². The summed E-state index contributed by atoms with van der Waals surface area (Å²) in [5.74, 6) is 0. The second-order valence-corrected chi connectivity index (χ2v) is 6.35. The van der Waals surface area contributed by atoms with E-state index in [1.807, 2.05) is 18.2 Å². The van der Waals surface area contributed by atoms with Gasteiger partial charge >= 0.3 is 0 Å². The van der Waals surface area contributed by atoms with E-state index >= 15 is 0 Å². The van der Waals surface area contributed by atoms with Gasteiger partial charge in [0, 0.05) is 18.1 Å². The van der Waals surface area contributed by atoms with Gasteiger partial charge in [-0.3, -0.25) is 4.90 Å². The fraction of sp³-hybridized carbons (Fsp3) is 0.571. The van der Waals surface area contributed by atoms with Crippen LogP contribution in [-0.4, -0.2) is 23.5 Å². The topological polar surface area (TPSA) is 29.3 Å². The average Bonchev–Trinajstić information content (AvgIpc) is 2.65. The van der Waals surface area contributed by atoms with Crippen molar-refractivity contribution in [3.63, 3.8) is 0 Å². The van der Waals surface area contributed by atoms with Crippen molar-refractivity contribution < 1.29 is 0 Å². The summed E-state index contributed by atoms with van der Waals surface area (Å²) in [5.41, 5.74) is 7.34. The molecule has 1 heterocycles. The summed E-state index contributed by atoms with van der Waals surface area (Å²) in [6, 6.07) is 6.04. The molecule has 1 aromatic carbocycles. The lowest BCUT2D eigenvalue weighted by atomic mass is 9.97. The SMILES string of the molecule is CC1(C)CCCN1C(CN)c1ccc(Cl)c(Cl)c1. The van der Waals surface area contributed by atoms with Crippen molar-refractivity contribution in [2.75, 3.05) is 13.1 Å². The molecule has 0 bridgehead atoms. The standard InChI is InChI=1S/C14H20Cl2N2/c1-14(2)6-3-7-18(14)13(9-17)10-4-5-11(15)12(16)8-10/h4-5,8,13H,3,6-7,9,17H2,1-2H3. The number of hydrogen-bond acceptors (Lipinski definition) is 2. The normalized spacial score (nSPS) is 21.2. The van der Waals surface area contributed by atoms with Crippen LogP contribution >= 0.6 is 23.2 Å². The van der Waals surface area contributed by atoms with Gasteiger partial charge in [0.05, 0.1) is 10.0 Å². The predicted octanol–water partition coefficient (Wildman–Crippen LogP) is 3.87. The van der Waals surface area contributed by atoms with Crippen LogP contribution in [0.1, 0.15) is 38.3 Å². The molecule has 2 N–H and O–H groups in total. The summed E-state index contributed by atoms with van der Waals surface area (Å²) in [6.45, 7) is 6.25. The van der Waals surface area contributed by atoms with Crippen molar-refractivity contribution in [1.82, 2.24) is 4.90 Å². The molecule has 2 rings (SSSR count). The maximum atomic E-state index is 6.10. The first-order valence-electron chi connectivity index (χ1n) is 6.37. The number of likely N-dealkylation sites (tertiary alicyclic amines) is 1. The number of nitrogens with zero attached hydrogens (tertiary/aromatic N) is 1. The Morgan fingerprint density at radius 2 is 2.06 bits per heavy atom. The summed E-state index contributed by atoms with van der Waals surface area (Å²) in [7, 11) is 0. The van der Waals surface area contributed by atoms with Crippen LogP contribution in [0.2, 0.25) is 10.0 Å². The summed E-state index contributed by atoms with van der Waals surface area (Å²) in [6.07, 6.45) is 2.44. The third-order valence-corrected chi connectivity index (χ3v) is 4.63. The number of benzene rings is 1. The van der Waals surface area contributed by atoms with Crippen LogP contribution in [0, 0.1) is 0 Å². The van der Waals surface area contributed by atoms with Gasteiger partial charge in [-0.05, 0) is 50.9 Å². The zero-order chi connectivity index (χ0) is 13.3. The van der Waals surface area contributed by atoms with Crippen molar-refractivity contribution >= 4 is 23.2 Å². The van der Waals surface area contributed by atoms with Gasteiger partial charge in [-0.25, -0.2) is 0 Å². The number of nitrogens with two attached hydrogens (primary N) is 1. The van der Waals surface area contributed by atoms with Crippen LogP contribution in [-0.2, 0) is 0 Å². The van der Waals surface area contributed by atoms with Crippen LogP contribution in [0.5, 0.6) is 0 Å². The molecule has 1 saturated heterocycles. The van der Waals surface area contributed by atoms with E-state index in [1.165, 1.54) is 12.8 Å². The fourth-order valence-corrected chi connectivity index (χ4v) is 3.18. The predicted molar refractivity (Wildman–Crippen MR) is 78.3 cm³/mol. The summed E-state index contributed by atoms with van der Waals surface area (Å²) >= 11 is 12.1. The van der Waals surface area contributed by atoms with E-state index < -0.39 is 0 Å².